The first kappa shape index (κ1) is 11.7. The van der Waals surface area contributed by atoms with E-state index in [4.69, 9.17) is 10.5 Å². The number of methoxy groups -OCH3 is 1. The molecule has 0 saturated carbocycles. The van der Waals surface area contributed by atoms with E-state index < -0.39 is 11.8 Å². The summed E-state index contributed by atoms with van der Waals surface area (Å²) < 4.78 is 5.05. The normalized spacial score (nSPS) is 10.1. The monoisotopic (exact) mass is 221 g/mol. The summed E-state index contributed by atoms with van der Waals surface area (Å²) >= 11 is 0. The van der Waals surface area contributed by atoms with Gasteiger partial charge in [0.1, 0.15) is 5.75 Å². The summed E-state index contributed by atoms with van der Waals surface area (Å²) in [5, 5.41) is 3.57. The molecule has 3 N–H and O–H groups in total. The number of nitrogens with two attached hydrogens (primary N) is 1. The van der Waals surface area contributed by atoms with E-state index in [0.29, 0.717) is 11.3 Å². The third-order valence-electron chi connectivity index (χ3n) is 1.73. The van der Waals surface area contributed by atoms with E-state index in [9.17, 15) is 9.59 Å². The van der Waals surface area contributed by atoms with Crippen LogP contribution in [0.5, 0.6) is 5.75 Å². The van der Waals surface area contributed by atoms with Crippen molar-refractivity contribution in [1.82, 2.24) is 5.43 Å². The number of nitrogens with zero attached hydrogens (tertiary/aromatic N) is 1. The molecule has 0 aliphatic heterocycles. The Labute approximate surface area is 92.1 Å². The summed E-state index contributed by atoms with van der Waals surface area (Å²) in [6, 6.07) is 7.09. The van der Waals surface area contributed by atoms with E-state index in [1.807, 2.05) is 5.43 Å². The van der Waals surface area contributed by atoms with E-state index in [2.05, 4.69) is 5.10 Å². The molecule has 0 radical (unpaired) electrons. The minimum absolute atomic E-state index is 0.611. The second kappa shape index (κ2) is 5.50. The Morgan fingerprint density at radius 1 is 1.44 bits per heavy atom. The lowest BCUT2D eigenvalue weighted by molar-refractivity contribution is -0.137. The first-order valence-electron chi connectivity index (χ1n) is 4.41. The summed E-state index contributed by atoms with van der Waals surface area (Å²) in [5.41, 5.74) is 7.38. The maximum absolute atomic E-state index is 10.8. The Hall–Kier alpha value is -2.37. The smallest absolute Gasteiger partial charge is 0.329 e. The Bertz CT molecular complexity index is 429. The van der Waals surface area contributed by atoms with Crippen molar-refractivity contribution in [3.63, 3.8) is 0 Å². The molecule has 0 aliphatic carbocycles. The molecular weight excluding hydrogens is 210 g/mol. The number of benzene rings is 1. The van der Waals surface area contributed by atoms with Crippen LogP contribution in [0.4, 0.5) is 0 Å². The van der Waals surface area contributed by atoms with Gasteiger partial charge in [-0.1, -0.05) is 12.1 Å². The van der Waals surface area contributed by atoms with E-state index in [0.717, 1.165) is 0 Å². The number of carbonyl (C=O) groups is 2. The van der Waals surface area contributed by atoms with Crippen LogP contribution in [-0.2, 0) is 9.59 Å². The van der Waals surface area contributed by atoms with Crippen LogP contribution in [-0.4, -0.2) is 25.1 Å². The molecule has 1 aromatic rings. The molecule has 0 spiro atoms. The van der Waals surface area contributed by atoms with Gasteiger partial charge in [0.2, 0.25) is 0 Å². The summed E-state index contributed by atoms with van der Waals surface area (Å²) in [6.07, 6.45) is 1.36. The van der Waals surface area contributed by atoms with Crippen LogP contribution in [0, 0.1) is 0 Å². The van der Waals surface area contributed by atoms with Gasteiger partial charge in [0.15, 0.2) is 0 Å². The predicted molar refractivity (Wildman–Crippen MR) is 57.9 cm³/mol. The van der Waals surface area contributed by atoms with Crippen LogP contribution in [0.2, 0.25) is 0 Å². The quantitative estimate of drug-likeness (QED) is 0.414. The van der Waals surface area contributed by atoms with Crippen LogP contribution >= 0.6 is 0 Å². The third kappa shape index (κ3) is 3.09. The fourth-order valence-corrected chi connectivity index (χ4v) is 0.989. The predicted octanol–water partition coefficient (Wildman–Crippen LogP) is -0.369. The number of hydrogen-bond acceptors (Lipinski definition) is 4. The Kier molecular flexibility index (Phi) is 4.02. The number of carbonyl (C=O) groups excluding carboxylic acids is 2. The summed E-state index contributed by atoms with van der Waals surface area (Å²) in [5.74, 6) is -1.44. The zero-order chi connectivity index (χ0) is 12.0. The molecule has 0 aromatic heterocycles. The molecule has 16 heavy (non-hydrogen) atoms. The van der Waals surface area contributed by atoms with Crippen LogP contribution < -0.4 is 15.9 Å². The van der Waals surface area contributed by atoms with Crippen molar-refractivity contribution >= 4 is 18.0 Å². The van der Waals surface area contributed by atoms with Gasteiger partial charge < -0.3 is 10.5 Å². The molecule has 6 heteroatoms. The largest absolute Gasteiger partial charge is 0.496 e. The van der Waals surface area contributed by atoms with Crippen molar-refractivity contribution in [3.8, 4) is 5.75 Å². The van der Waals surface area contributed by atoms with Crippen LogP contribution in [0.3, 0.4) is 0 Å². The minimum Gasteiger partial charge on any atom is -0.496 e. The molecule has 1 aromatic carbocycles. The van der Waals surface area contributed by atoms with E-state index in [1.165, 1.54) is 13.3 Å². The molecule has 0 fully saturated rings. The Morgan fingerprint density at radius 3 is 2.75 bits per heavy atom. The third-order valence-corrected chi connectivity index (χ3v) is 1.73. The van der Waals surface area contributed by atoms with Gasteiger partial charge in [-0.2, -0.15) is 5.10 Å². The highest BCUT2D eigenvalue weighted by atomic mass is 16.5. The highest BCUT2D eigenvalue weighted by Crippen LogP contribution is 2.14. The average molecular weight is 221 g/mol. The van der Waals surface area contributed by atoms with Gasteiger partial charge in [0, 0.05) is 5.56 Å². The molecule has 0 atom stereocenters. The number of hydrazone groups is 1. The lowest BCUT2D eigenvalue weighted by Crippen LogP contribution is -2.32. The maximum Gasteiger partial charge on any atom is 0.329 e. The van der Waals surface area contributed by atoms with Crippen molar-refractivity contribution in [2.45, 2.75) is 0 Å². The zero-order valence-electron chi connectivity index (χ0n) is 8.64. The van der Waals surface area contributed by atoms with Crippen molar-refractivity contribution in [1.29, 1.82) is 0 Å². The van der Waals surface area contributed by atoms with Crippen LogP contribution in [0.15, 0.2) is 29.4 Å². The van der Waals surface area contributed by atoms with E-state index in [-0.39, 0.29) is 0 Å². The second-order valence-corrected chi connectivity index (χ2v) is 2.81. The fraction of sp³-hybridized carbons (Fsp3) is 0.100. The number of primary amides is 1. The number of hydrogen-bond donors (Lipinski definition) is 2. The maximum atomic E-state index is 10.8. The summed E-state index contributed by atoms with van der Waals surface area (Å²) in [4.78, 5) is 21.1. The Morgan fingerprint density at radius 2 is 2.12 bits per heavy atom. The highest BCUT2D eigenvalue weighted by Gasteiger charge is 2.05. The summed E-state index contributed by atoms with van der Waals surface area (Å²) in [6.45, 7) is 0. The molecule has 0 saturated heterocycles. The molecule has 6 nitrogen and oxygen atoms in total. The number of rotatable bonds is 3. The molecule has 2 amide bonds. The van der Waals surface area contributed by atoms with Crippen LogP contribution in [0.1, 0.15) is 5.56 Å². The van der Waals surface area contributed by atoms with Crippen molar-refractivity contribution < 1.29 is 14.3 Å². The summed E-state index contributed by atoms with van der Waals surface area (Å²) in [7, 11) is 1.52. The standard InChI is InChI=1S/C10H11N3O3/c1-16-8-5-3-2-4-7(8)6-12-13-10(15)9(11)14/h2-6H,1H3,(H2,11,14)(H,13,15)/b12-6-. The second-order valence-electron chi connectivity index (χ2n) is 2.81. The molecule has 84 valence electrons. The van der Waals surface area contributed by atoms with Gasteiger partial charge in [-0.05, 0) is 12.1 Å². The van der Waals surface area contributed by atoms with Gasteiger partial charge in [-0.3, -0.25) is 9.59 Å². The lowest BCUT2D eigenvalue weighted by atomic mass is 10.2. The van der Waals surface area contributed by atoms with Crippen LogP contribution in [0.25, 0.3) is 0 Å². The molecule has 0 bridgehead atoms. The lowest BCUT2D eigenvalue weighted by Gasteiger charge is -2.02. The van der Waals surface area contributed by atoms with Gasteiger partial charge in [0.05, 0.1) is 13.3 Å². The van der Waals surface area contributed by atoms with Gasteiger partial charge in [-0.15, -0.1) is 0 Å². The van der Waals surface area contributed by atoms with Crippen molar-refractivity contribution in [2.24, 2.45) is 10.8 Å². The van der Waals surface area contributed by atoms with Crippen molar-refractivity contribution in [3.05, 3.63) is 29.8 Å². The molecular formula is C10H11N3O3. The minimum atomic E-state index is -1.09. The SMILES string of the molecule is COc1ccccc1/C=N\NC(=O)C(N)=O. The van der Waals surface area contributed by atoms with E-state index in [1.54, 1.807) is 24.3 Å². The topological polar surface area (TPSA) is 93.8 Å². The van der Waals surface area contributed by atoms with Gasteiger partial charge in [-0.25, -0.2) is 5.43 Å². The van der Waals surface area contributed by atoms with E-state index >= 15 is 0 Å². The number of nitrogens with one attached hydrogen (secondary N) is 1. The average Bonchev–Trinajstić information content (AvgIpc) is 2.29. The first-order chi connectivity index (χ1) is 7.65. The van der Waals surface area contributed by atoms with Crippen molar-refractivity contribution in [2.75, 3.05) is 7.11 Å². The number of amides is 2. The molecule has 0 heterocycles. The zero-order valence-corrected chi connectivity index (χ0v) is 8.64. The molecule has 0 unspecified atom stereocenters. The Balaban J connectivity index is 2.69. The first-order valence-corrected chi connectivity index (χ1v) is 4.41. The number of ether oxygens (including phenoxy) is 1. The molecule has 0 aliphatic rings. The van der Waals surface area contributed by atoms with Gasteiger partial charge in [0.25, 0.3) is 0 Å². The van der Waals surface area contributed by atoms with Gasteiger partial charge >= 0.3 is 11.8 Å². The molecule has 1 rings (SSSR count). The fourth-order valence-electron chi connectivity index (χ4n) is 0.989. The highest BCUT2D eigenvalue weighted by molar-refractivity contribution is 6.34. The number of para-hydroxylation sites is 1.